The molecule has 4 nitrogen and oxygen atoms in total. The van der Waals surface area contributed by atoms with E-state index in [0.29, 0.717) is 18.1 Å². The van der Waals surface area contributed by atoms with Crippen LogP contribution >= 0.6 is 15.9 Å². The van der Waals surface area contributed by atoms with Gasteiger partial charge in [0, 0.05) is 18.6 Å². The minimum absolute atomic E-state index is 0.383. The Morgan fingerprint density at radius 1 is 1.39 bits per heavy atom. The summed E-state index contributed by atoms with van der Waals surface area (Å²) in [5.41, 5.74) is 2.16. The van der Waals surface area contributed by atoms with Gasteiger partial charge in [0.1, 0.15) is 15.9 Å². The highest BCUT2D eigenvalue weighted by molar-refractivity contribution is 9.10. The van der Waals surface area contributed by atoms with Crippen LogP contribution < -0.4 is 0 Å². The van der Waals surface area contributed by atoms with Crippen molar-refractivity contribution in [3.05, 3.63) is 22.7 Å². The molecule has 126 valence electrons. The van der Waals surface area contributed by atoms with E-state index in [1.807, 2.05) is 6.20 Å². The molecule has 3 rings (SSSR count). The first kappa shape index (κ1) is 16.9. The summed E-state index contributed by atoms with van der Waals surface area (Å²) in [7, 11) is 0. The average Bonchev–Trinajstić information content (AvgIpc) is 2.93. The summed E-state index contributed by atoms with van der Waals surface area (Å²) in [6, 6.07) is 2.51. The number of hydrogen-bond donors (Lipinski definition) is 0. The molecule has 0 spiro atoms. The van der Waals surface area contributed by atoms with Crippen LogP contribution in [0.5, 0.6) is 0 Å². The number of halogens is 1. The zero-order valence-corrected chi connectivity index (χ0v) is 15.8. The first-order valence-electron chi connectivity index (χ1n) is 8.75. The van der Waals surface area contributed by atoms with Gasteiger partial charge in [0.2, 0.25) is 0 Å². The van der Waals surface area contributed by atoms with Crippen LogP contribution in [0.2, 0.25) is 0 Å². The van der Waals surface area contributed by atoms with Gasteiger partial charge < -0.3 is 9.30 Å². The molecule has 0 amide bonds. The Morgan fingerprint density at radius 3 is 2.91 bits per heavy atom. The van der Waals surface area contributed by atoms with Crippen LogP contribution in [0.15, 0.2) is 16.9 Å². The lowest BCUT2D eigenvalue weighted by Crippen LogP contribution is -2.22. The summed E-state index contributed by atoms with van der Waals surface area (Å²) < 4.78 is 9.20. The zero-order valence-electron chi connectivity index (χ0n) is 14.3. The number of rotatable bonds is 5. The largest absolute Gasteiger partial charge is 0.378 e. The van der Waals surface area contributed by atoms with Crippen LogP contribution in [-0.2, 0) is 4.74 Å². The normalized spacial score (nSPS) is 21.5. The van der Waals surface area contributed by atoms with E-state index in [2.05, 4.69) is 52.3 Å². The molecule has 1 fully saturated rings. The fraction of sp³-hybridized carbons (Fsp3) is 0.667. The zero-order chi connectivity index (χ0) is 16.4. The summed E-state index contributed by atoms with van der Waals surface area (Å²) in [4.78, 5) is 9.25. The molecule has 23 heavy (non-hydrogen) atoms. The van der Waals surface area contributed by atoms with Gasteiger partial charge in [-0.25, -0.2) is 9.97 Å². The Hall–Kier alpha value is -0.940. The van der Waals surface area contributed by atoms with Crippen LogP contribution in [0.1, 0.15) is 70.7 Å². The van der Waals surface area contributed by atoms with Crippen molar-refractivity contribution in [1.29, 1.82) is 0 Å². The van der Waals surface area contributed by atoms with Gasteiger partial charge in [0.05, 0.1) is 17.8 Å². The number of imidazole rings is 1. The highest BCUT2D eigenvalue weighted by Gasteiger charge is 2.24. The molecule has 0 aromatic carbocycles. The minimum atomic E-state index is 0.383. The Labute approximate surface area is 146 Å². The summed E-state index contributed by atoms with van der Waals surface area (Å²) in [5.74, 6) is 1.56. The van der Waals surface area contributed by atoms with E-state index in [9.17, 15) is 0 Å². The summed E-state index contributed by atoms with van der Waals surface area (Å²) in [6.45, 7) is 7.69. The number of fused-ring (bicyclic) bond motifs is 1. The van der Waals surface area contributed by atoms with E-state index < -0.39 is 0 Å². The highest BCUT2D eigenvalue weighted by Crippen LogP contribution is 2.32. The van der Waals surface area contributed by atoms with Crippen molar-refractivity contribution < 1.29 is 4.74 Å². The van der Waals surface area contributed by atoms with Gasteiger partial charge >= 0.3 is 0 Å². The van der Waals surface area contributed by atoms with E-state index in [1.165, 1.54) is 30.6 Å². The number of pyridine rings is 1. The van der Waals surface area contributed by atoms with Crippen LogP contribution in [0.3, 0.4) is 0 Å². The van der Waals surface area contributed by atoms with Gasteiger partial charge in [0.15, 0.2) is 0 Å². The molecule has 3 heterocycles. The van der Waals surface area contributed by atoms with Crippen molar-refractivity contribution in [2.24, 2.45) is 0 Å². The Morgan fingerprint density at radius 2 is 2.22 bits per heavy atom. The van der Waals surface area contributed by atoms with E-state index >= 15 is 0 Å². The van der Waals surface area contributed by atoms with Crippen LogP contribution in [0.25, 0.3) is 11.0 Å². The molecular formula is C18H26BrN3O. The lowest BCUT2D eigenvalue weighted by Gasteiger charge is -2.26. The maximum atomic E-state index is 5.93. The van der Waals surface area contributed by atoms with E-state index in [0.717, 1.165) is 29.6 Å². The molecule has 0 N–H and O–H groups in total. The molecule has 2 aromatic rings. The lowest BCUT2D eigenvalue weighted by atomic mass is 9.97. The molecule has 1 aliphatic heterocycles. The standard InChI is InChI=1S/C18H26BrN3O/c1-4-13(3)22-16-10-17(19)20-11-15(16)21-18(22)12(2)9-14-7-5-6-8-23-14/h10-14H,4-9H2,1-3H3/t12-,13-,14?/m0/s1. The van der Waals surface area contributed by atoms with E-state index in [-0.39, 0.29) is 0 Å². The monoisotopic (exact) mass is 379 g/mol. The third kappa shape index (κ3) is 3.61. The van der Waals surface area contributed by atoms with Crippen LogP contribution in [0.4, 0.5) is 0 Å². The van der Waals surface area contributed by atoms with Crippen molar-refractivity contribution in [1.82, 2.24) is 14.5 Å². The van der Waals surface area contributed by atoms with Gasteiger partial charge in [-0.3, -0.25) is 0 Å². The molecule has 1 aliphatic rings. The van der Waals surface area contributed by atoms with Gasteiger partial charge in [-0.1, -0.05) is 13.8 Å². The van der Waals surface area contributed by atoms with Crippen molar-refractivity contribution in [2.45, 2.75) is 70.9 Å². The topological polar surface area (TPSA) is 39.9 Å². The van der Waals surface area contributed by atoms with Crippen molar-refractivity contribution in [3.8, 4) is 0 Å². The minimum Gasteiger partial charge on any atom is -0.378 e. The molecule has 5 heteroatoms. The first-order chi connectivity index (χ1) is 11.1. The summed E-state index contributed by atoms with van der Waals surface area (Å²) in [5, 5.41) is 0. The maximum Gasteiger partial charge on any atom is 0.113 e. The van der Waals surface area contributed by atoms with Gasteiger partial charge in [-0.15, -0.1) is 0 Å². The quantitative estimate of drug-likeness (QED) is 0.667. The second-order valence-electron chi connectivity index (χ2n) is 6.72. The predicted molar refractivity (Wildman–Crippen MR) is 96.9 cm³/mol. The van der Waals surface area contributed by atoms with Crippen LogP contribution in [0, 0.1) is 0 Å². The van der Waals surface area contributed by atoms with Crippen molar-refractivity contribution >= 4 is 27.0 Å². The highest BCUT2D eigenvalue weighted by atomic mass is 79.9. The third-order valence-corrected chi connectivity index (χ3v) is 5.37. The van der Waals surface area contributed by atoms with Gasteiger partial charge in [-0.05, 0) is 61.0 Å². The molecule has 1 saturated heterocycles. The van der Waals surface area contributed by atoms with E-state index in [4.69, 9.17) is 9.72 Å². The average molecular weight is 380 g/mol. The van der Waals surface area contributed by atoms with Crippen molar-refractivity contribution in [2.75, 3.05) is 6.61 Å². The smallest absolute Gasteiger partial charge is 0.113 e. The molecule has 1 unspecified atom stereocenters. The van der Waals surface area contributed by atoms with Gasteiger partial charge in [0.25, 0.3) is 0 Å². The Balaban J connectivity index is 1.94. The second-order valence-corrected chi connectivity index (χ2v) is 7.53. The Bertz CT molecular complexity index is 664. The predicted octanol–water partition coefficient (Wildman–Crippen LogP) is 5.23. The third-order valence-electron chi connectivity index (χ3n) is 4.93. The summed E-state index contributed by atoms with van der Waals surface area (Å²) in [6.07, 6.45) is 8.06. The molecule has 0 bridgehead atoms. The van der Waals surface area contributed by atoms with Crippen molar-refractivity contribution in [3.63, 3.8) is 0 Å². The number of hydrogen-bond acceptors (Lipinski definition) is 3. The lowest BCUT2D eigenvalue weighted by molar-refractivity contribution is 0.00730. The number of ether oxygens (including phenoxy) is 1. The molecule has 3 atom stereocenters. The Kier molecular flexibility index (Phi) is 5.37. The fourth-order valence-electron chi connectivity index (χ4n) is 3.48. The number of aromatic nitrogens is 3. The maximum absolute atomic E-state index is 5.93. The van der Waals surface area contributed by atoms with E-state index in [1.54, 1.807) is 0 Å². The molecule has 0 aliphatic carbocycles. The van der Waals surface area contributed by atoms with Crippen LogP contribution in [-0.4, -0.2) is 27.2 Å². The molecule has 0 radical (unpaired) electrons. The first-order valence-corrected chi connectivity index (χ1v) is 9.54. The fourth-order valence-corrected chi connectivity index (χ4v) is 3.80. The second kappa shape index (κ2) is 7.31. The molecular weight excluding hydrogens is 354 g/mol. The van der Waals surface area contributed by atoms with Gasteiger partial charge in [-0.2, -0.15) is 0 Å². The summed E-state index contributed by atoms with van der Waals surface area (Å²) >= 11 is 3.49. The SMILES string of the molecule is CC[C@H](C)n1c([C@@H](C)CC2CCCCO2)nc2cnc(Br)cc21. The molecule has 2 aromatic heterocycles. The molecule has 0 saturated carbocycles. The number of nitrogens with zero attached hydrogens (tertiary/aromatic N) is 3.